The highest BCUT2D eigenvalue weighted by Crippen LogP contribution is 2.21. The van der Waals surface area contributed by atoms with Gasteiger partial charge in [0.2, 0.25) is 0 Å². The van der Waals surface area contributed by atoms with Crippen LogP contribution in [-0.2, 0) is 6.42 Å². The number of thiophene rings is 1. The molecule has 8 heteroatoms. The number of para-hydroxylation sites is 2. The summed E-state index contributed by atoms with van der Waals surface area (Å²) in [4.78, 5) is 35.8. The average Bonchev–Trinajstić information content (AvgIpc) is 3.40. The van der Waals surface area contributed by atoms with Gasteiger partial charge in [0.1, 0.15) is 17.5 Å². The summed E-state index contributed by atoms with van der Waals surface area (Å²) in [6, 6.07) is 16.8. The Morgan fingerprint density at radius 1 is 1.07 bits per heavy atom. The van der Waals surface area contributed by atoms with E-state index in [1.165, 1.54) is 17.7 Å². The van der Waals surface area contributed by atoms with E-state index in [2.05, 4.69) is 15.4 Å². The Morgan fingerprint density at radius 3 is 2.67 bits per heavy atom. The fraction of sp³-hybridized carbons (Fsp3) is 0.0909. The molecule has 1 N–H and O–H groups in total. The number of fused-ring (bicyclic) bond motifs is 2. The molecule has 5 rings (SSSR count). The second-order valence-corrected chi connectivity index (χ2v) is 7.91. The summed E-state index contributed by atoms with van der Waals surface area (Å²) in [5, 5.41) is 0.516. The largest absolute Gasteiger partial charge is 0.299 e. The summed E-state index contributed by atoms with van der Waals surface area (Å²) in [5.41, 5.74) is 5.56. The number of aromatic nitrogens is 4. The first-order valence-electron chi connectivity index (χ1n) is 9.48. The molecule has 0 fully saturated rings. The first kappa shape index (κ1) is 18.3. The highest BCUT2D eigenvalue weighted by Gasteiger charge is 2.12. The van der Waals surface area contributed by atoms with Crippen molar-refractivity contribution >= 4 is 38.5 Å². The molecule has 3 aromatic heterocycles. The van der Waals surface area contributed by atoms with Crippen LogP contribution in [0.5, 0.6) is 0 Å². The Bertz CT molecular complexity index is 1450. The van der Waals surface area contributed by atoms with Gasteiger partial charge in [-0.3, -0.25) is 19.6 Å². The number of benzene rings is 2. The molecule has 0 unspecified atom stereocenters. The van der Waals surface area contributed by atoms with Crippen LogP contribution in [0.1, 0.15) is 22.2 Å². The quantitative estimate of drug-likeness (QED) is 0.485. The molecule has 5 aromatic rings. The Morgan fingerprint density at radius 2 is 1.87 bits per heavy atom. The molecule has 0 saturated carbocycles. The Balaban J connectivity index is 1.41. The van der Waals surface area contributed by atoms with Gasteiger partial charge in [-0.1, -0.05) is 19.1 Å². The van der Waals surface area contributed by atoms with E-state index < -0.39 is 0 Å². The Kier molecular flexibility index (Phi) is 4.40. The second-order valence-electron chi connectivity index (χ2n) is 6.80. The van der Waals surface area contributed by atoms with Gasteiger partial charge in [-0.15, -0.1) is 11.3 Å². The first-order valence-corrected chi connectivity index (χ1v) is 10.3. The normalized spacial score (nSPS) is 11.2. The molecule has 30 heavy (non-hydrogen) atoms. The predicted molar refractivity (Wildman–Crippen MR) is 118 cm³/mol. The Labute approximate surface area is 175 Å². The molecule has 0 atom stereocenters. The van der Waals surface area contributed by atoms with Crippen molar-refractivity contribution in [2.45, 2.75) is 13.3 Å². The van der Waals surface area contributed by atoms with Crippen LogP contribution in [0, 0.1) is 0 Å². The van der Waals surface area contributed by atoms with Crippen molar-refractivity contribution in [2.24, 2.45) is 0 Å². The number of hydrogen-bond donors (Lipinski definition) is 1. The number of nitrogens with one attached hydrogen (secondary N) is 1. The van der Waals surface area contributed by atoms with Gasteiger partial charge in [-0.2, -0.15) is 0 Å². The number of aryl methyl sites for hydroxylation is 1. The number of carbonyl (C=O) groups excluding carboxylic acids is 1. The van der Waals surface area contributed by atoms with Crippen molar-refractivity contribution < 1.29 is 4.79 Å². The Hall–Kier alpha value is -3.78. The van der Waals surface area contributed by atoms with Crippen molar-refractivity contribution in [1.82, 2.24) is 19.2 Å². The smallest absolute Gasteiger partial charge is 0.280 e. The number of carbonyl (C=O) groups is 1. The molecule has 2 aromatic carbocycles. The van der Waals surface area contributed by atoms with Crippen LogP contribution in [0.15, 0.2) is 72.0 Å². The number of rotatable bonds is 4. The van der Waals surface area contributed by atoms with Crippen LogP contribution in [0.2, 0.25) is 0 Å². The van der Waals surface area contributed by atoms with Crippen molar-refractivity contribution in [3.8, 4) is 5.69 Å². The van der Waals surface area contributed by atoms with Gasteiger partial charge in [-0.25, -0.2) is 14.6 Å². The van der Waals surface area contributed by atoms with Crippen molar-refractivity contribution in [2.75, 3.05) is 5.43 Å². The molecule has 1 amide bonds. The summed E-state index contributed by atoms with van der Waals surface area (Å²) in [6.45, 7) is 2.03. The second kappa shape index (κ2) is 7.23. The van der Waals surface area contributed by atoms with E-state index in [9.17, 15) is 9.59 Å². The van der Waals surface area contributed by atoms with Gasteiger partial charge in [0, 0.05) is 16.1 Å². The summed E-state index contributed by atoms with van der Waals surface area (Å²) < 4.78 is 3.09. The maximum absolute atomic E-state index is 12.7. The van der Waals surface area contributed by atoms with Crippen LogP contribution in [0.4, 0.5) is 0 Å². The zero-order valence-electron chi connectivity index (χ0n) is 16.1. The van der Waals surface area contributed by atoms with Crippen LogP contribution in [-0.4, -0.2) is 25.1 Å². The SMILES string of the molecule is CCc1cc2c(=O)n(NC(=O)c3ccc(-n4cnc5ccccc54)cc3)cnc2s1. The van der Waals surface area contributed by atoms with Crippen LogP contribution in [0.25, 0.3) is 26.9 Å². The van der Waals surface area contributed by atoms with E-state index in [-0.39, 0.29) is 11.5 Å². The summed E-state index contributed by atoms with van der Waals surface area (Å²) >= 11 is 1.49. The molecule has 0 saturated heterocycles. The van der Waals surface area contributed by atoms with Crippen LogP contribution >= 0.6 is 11.3 Å². The molecule has 0 aliphatic rings. The topological polar surface area (TPSA) is 81.8 Å². The zero-order valence-corrected chi connectivity index (χ0v) is 16.9. The molecule has 0 bridgehead atoms. The molecular weight excluding hydrogens is 398 g/mol. The molecular formula is C22H17N5O2S. The monoisotopic (exact) mass is 415 g/mol. The number of amides is 1. The lowest BCUT2D eigenvalue weighted by molar-refractivity contribution is 0.101. The standard InChI is InChI=1S/C22H17N5O2S/c1-2-16-11-17-21(30-16)24-13-27(22(17)29)25-20(28)14-7-9-15(10-8-14)26-12-23-18-5-3-4-6-19(18)26/h3-13H,2H2,1H3,(H,25,28). The summed E-state index contributed by atoms with van der Waals surface area (Å²) in [6.07, 6.45) is 3.95. The minimum Gasteiger partial charge on any atom is -0.299 e. The third kappa shape index (κ3) is 3.07. The predicted octanol–water partition coefficient (Wildman–Crippen LogP) is 3.74. The van der Waals surface area contributed by atoms with Gasteiger partial charge in [0.15, 0.2) is 0 Å². The van der Waals surface area contributed by atoms with E-state index in [1.54, 1.807) is 18.5 Å². The highest BCUT2D eigenvalue weighted by molar-refractivity contribution is 7.18. The maximum Gasteiger partial charge on any atom is 0.280 e. The average molecular weight is 415 g/mol. The van der Waals surface area contributed by atoms with Gasteiger partial charge in [0.05, 0.1) is 16.4 Å². The molecule has 0 aliphatic heterocycles. The number of hydrogen-bond acceptors (Lipinski definition) is 5. The third-order valence-electron chi connectivity index (χ3n) is 4.93. The van der Waals surface area contributed by atoms with E-state index in [0.717, 1.165) is 32.7 Å². The molecule has 3 heterocycles. The van der Waals surface area contributed by atoms with Gasteiger partial charge < -0.3 is 0 Å². The highest BCUT2D eigenvalue weighted by atomic mass is 32.1. The summed E-state index contributed by atoms with van der Waals surface area (Å²) in [5.74, 6) is -0.383. The van der Waals surface area contributed by atoms with Gasteiger partial charge in [0.25, 0.3) is 11.5 Å². The lowest BCUT2D eigenvalue weighted by Crippen LogP contribution is -2.33. The van der Waals surface area contributed by atoms with E-state index in [4.69, 9.17) is 0 Å². The number of imidazole rings is 1. The number of nitrogens with zero attached hydrogens (tertiary/aromatic N) is 4. The lowest BCUT2D eigenvalue weighted by Gasteiger charge is -2.09. The minimum atomic E-state index is -0.383. The molecule has 0 spiro atoms. The lowest BCUT2D eigenvalue weighted by atomic mass is 10.2. The van der Waals surface area contributed by atoms with E-state index in [0.29, 0.717) is 15.8 Å². The minimum absolute atomic E-state index is 0.286. The van der Waals surface area contributed by atoms with Gasteiger partial charge >= 0.3 is 0 Å². The van der Waals surface area contributed by atoms with Crippen LogP contribution < -0.4 is 11.0 Å². The molecule has 0 radical (unpaired) electrons. The maximum atomic E-state index is 12.7. The van der Waals surface area contributed by atoms with Crippen LogP contribution in [0.3, 0.4) is 0 Å². The van der Waals surface area contributed by atoms with E-state index in [1.807, 2.05) is 54.0 Å². The van der Waals surface area contributed by atoms with Gasteiger partial charge in [-0.05, 0) is 48.9 Å². The molecule has 7 nitrogen and oxygen atoms in total. The zero-order chi connectivity index (χ0) is 20.7. The first-order chi connectivity index (χ1) is 14.6. The van der Waals surface area contributed by atoms with E-state index >= 15 is 0 Å². The van der Waals surface area contributed by atoms with Crippen molar-refractivity contribution in [1.29, 1.82) is 0 Å². The fourth-order valence-electron chi connectivity index (χ4n) is 3.34. The van der Waals surface area contributed by atoms with Crippen molar-refractivity contribution in [3.63, 3.8) is 0 Å². The van der Waals surface area contributed by atoms with Crippen molar-refractivity contribution in [3.05, 3.63) is 88.0 Å². The summed E-state index contributed by atoms with van der Waals surface area (Å²) in [7, 11) is 0. The fourth-order valence-corrected chi connectivity index (χ4v) is 4.26. The third-order valence-corrected chi connectivity index (χ3v) is 6.12. The molecule has 148 valence electrons. The molecule has 0 aliphatic carbocycles.